The molecule has 0 aromatic carbocycles. The quantitative estimate of drug-likeness (QED) is 0.595. The summed E-state index contributed by atoms with van der Waals surface area (Å²) < 4.78 is 34.3. The second-order valence-corrected chi connectivity index (χ2v) is 11.6. The van der Waals surface area contributed by atoms with Gasteiger partial charge < -0.3 is 10.1 Å². The average Bonchev–Trinajstić information content (AvgIpc) is 3.18. The van der Waals surface area contributed by atoms with E-state index >= 15 is 0 Å². The third-order valence-electron chi connectivity index (χ3n) is 4.08. The first-order valence-electron chi connectivity index (χ1n) is 8.61. The molecular weight excluding hydrogens is 488 g/mol. The van der Waals surface area contributed by atoms with Crippen molar-refractivity contribution in [2.75, 3.05) is 44.7 Å². The maximum atomic E-state index is 12.7. The molecule has 1 fully saturated rings. The number of halogens is 1. The van der Waals surface area contributed by atoms with E-state index in [0.29, 0.717) is 35.2 Å². The topological polar surface area (TPSA) is 101 Å². The number of hydrogen-bond donors (Lipinski definition) is 2. The molecule has 0 spiro atoms. The third kappa shape index (κ3) is 5.38. The second-order valence-electron chi connectivity index (χ2n) is 6.22. The van der Waals surface area contributed by atoms with Crippen LogP contribution >= 0.6 is 38.6 Å². The van der Waals surface area contributed by atoms with Crippen LogP contribution in [0.15, 0.2) is 14.1 Å². The number of anilines is 1. The normalized spacial score (nSPS) is 15.7. The van der Waals surface area contributed by atoms with Gasteiger partial charge in [-0.25, -0.2) is 18.1 Å². The molecule has 0 radical (unpaired) electrons. The van der Waals surface area contributed by atoms with Gasteiger partial charge in [-0.05, 0) is 28.9 Å². The number of nitrogens with one attached hydrogen (secondary N) is 2. The first-order chi connectivity index (χ1) is 13.3. The zero-order chi connectivity index (χ0) is 20.3. The van der Waals surface area contributed by atoms with Crippen molar-refractivity contribution >= 4 is 59.7 Å². The Balaban J connectivity index is 1.72. The van der Waals surface area contributed by atoms with Crippen LogP contribution in [0, 0.1) is 6.92 Å². The number of carbonyl (C=O) groups excluding carboxylic acids is 1. The zero-order valence-corrected chi connectivity index (χ0v) is 19.5. The van der Waals surface area contributed by atoms with Crippen molar-refractivity contribution in [2.45, 2.75) is 18.1 Å². The Morgan fingerprint density at radius 3 is 2.75 bits per heavy atom. The minimum atomic E-state index is -3.60. The number of nitrogens with zero attached hydrogens (tertiary/aromatic N) is 2. The molecule has 0 aliphatic carbocycles. The molecule has 0 saturated carbocycles. The molecule has 1 saturated heterocycles. The molecule has 28 heavy (non-hydrogen) atoms. The molecule has 154 valence electrons. The van der Waals surface area contributed by atoms with Gasteiger partial charge in [0.05, 0.1) is 27.6 Å². The Kier molecular flexibility index (Phi) is 7.23. The van der Waals surface area contributed by atoms with Crippen molar-refractivity contribution in [3.8, 4) is 10.4 Å². The lowest BCUT2D eigenvalue weighted by Crippen LogP contribution is -2.41. The Bertz CT molecular complexity index is 951. The summed E-state index contributed by atoms with van der Waals surface area (Å²) in [6.45, 7) is 7.25. The molecule has 0 bridgehead atoms. The van der Waals surface area contributed by atoms with Crippen LogP contribution in [0.4, 0.5) is 5.13 Å². The van der Waals surface area contributed by atoms with Crippen LogP contribution in [-0.2, 0) is 19.6 Å². The van der Waals surface area contributed by atoms with E-state index in [1.165, 1.54) is 18.3 Å². The lowest BCUT2D eigenvalue weighted by molar-refractivity contribution is -0.114. The van der Waals surface area contributed by atoms with Crippen LogP contribution in [0.1, 0.15) is 12.6 Å². The van der Waals surface area contributed by atoms with Crippen molar-refractivity contribution in [1.82, 2.24) is 14.6 Å². The number of sulfonamides is 1. The predicted octanol–water partition coefficient (Wildman–Crippen LogP) is 2.51. The monoisotopic (exact) mass is 508 g/mol. The number of amides is 1. The van der Waals surface area contributed by atoms with Gasteiger partial charge in [-0.2, -0.15) is 0 Å². The van der Waals surface area contributed by atoms with E-state index in [2.05, 4.69) is 35.9 Å². The van der Waals surface area contributed by atoms with E-state index in [0.717, 1.165) is 40.6 Å². The first-order valence-corrected chi connectivity index (χ1v) is 12.5. The van der Waals surface area contributed by atoms with Crippen LogP contribution in [-0.4, -0.2) is 63.6 Å². The van der Waals surface area contributed by atoms with E-state index in [9.17, 15) is 13.2 Å². The molecule has 2 N–H and O–H groups in total. The third-order valence-corrected chi connectivity index (χ3v) is 8.95. The number of carbonyl (C=O) groups is 1. The highest BCUT2D eigenvalue weighted by atomic mass is 79.9. The van der Waals surface area contributed by atoms with Crippen LogP contribution < -0.4 is 10.0 Å². The predicted molar refractivity (Wildman–Crippen MR) is 115 cm³/mol. The van der Waals surface area contributed by atoms with E-state index in [1.807, 2.05) is 6.92 Å². The largest absolute Gasteiger partial charge is 0.379 e. The maximum absolute atomic E-state index is 12.7. The summed E-state index contributed by atoms with van der Waals surface area (Å²) in [5.41, 5.74) is 1.49. The van der Waals surface area contributed by atoms with Crippen molar-refractivity contribution in [3.05, 3.63) is 15.5 Å². The fourth-order valence-corrected chi connectivity index (χ4v) is 7.37. The van der Waals surface area contributed by atoms with Gasteiger partial charge in [-0.3, -0.25) is 9.69 Å². The Labute approximate surface area is 180 Å². The van der Waals surface area contributed by atoms with Gasteiger partial charge in [0.2, 0.25) is 15.9 Å². The molecule has 0 atom stereocenters. The molecule has 3 rings (SSSR count). The molecule has 12 heteroatoms. The number of thiazole rings is 1. The smallest absolute Gasteiger partial charge is 0.250 e. The van der Waals surface area contributed by atoms with Crippen molar-refractivity contribution < 1.29 is 17.9 Å². The number of hydrogen-bond acceptors (Lipinski definition) is 8. The Morgan fingerprint density at radius 1 is 1.36 bits per heavy atom. The summed E-state index contributed by atoms with van der Waals surface area (Å²) in [5, 5.41) is 3.16. The first kappa shape index (κ1) is 21.8. The van der Waals surface area contributed by atoms with Crippen LogP contribution in [0.2, 0.25) is 0 Å². The molecule has 2 aromatic heterocycles. The summed E-state index contributed by atoms with van der Waals surface area (Å²) in [6, 6.07) is 1.64. The molecule has 1 aliphatic rings. The second kappa shape index (κ2) is 9.28. The minimum absolute atomic E-state index is 0.197. The molecule has 3 heterocycles. The summed E-state index contributed by atoms with van der Waals surface area (Å²) in [5.74, 6) is -0.197. The van der Waals surface area contributed by atoms with E-state index in [4.69, 9.17) is 4.74 Å². The highest BCUT2D eigenvalue weighted by molar-refractivity contribution is 9.11. The summed E-state index contributed by atoms with van der Waals surface area (Å²) >= 11 is 5.94. The lowest BCUT2D eigenvalue weighted by atomic mass is 10.2. The van der Waals surface area contributed by atoms with Crippen LogP contribution in [0.3, 0.4) is 0 Å². The summed E-state index contributed by atoms with van der Waals surface area (Å²) in [7, 11) is -3.60. The molecule has 0 unspecified atom stereocenters. The fourth-order valence-electron chi connectivity index (χ4n) is 2.72. The molecule has 1 amide bonds. The standard InChI is InChI=1S/C16H21BrN4O4S3/c1-10-14(27-16(19-10)20-11(2)22)12-9-13(26-15(12)17)28(23,24)18-3-4-21-5-7-25-8-6-21/h9,18H,3-8H2,1-2H3,(H,19,20,22). The van der Waals surface area contributed by atoms with Gasteiger partial charge in [0.1, 0.15) is 4.21 Å². The van der Waals surface area contributed by atoms with Gasteiger partial charge in [0.15, 0.2) is 5.13 Å². The number of morpholine rings is 1. The van der Waals surface area contributed by atoms with Gasteiger partial charge in [0.25, 0.3) is 0 Å². The van der Waals surface area contributed by atoms with Gasteiger partial charge in [-0.15, -0.1) is 11.3 Å². The maximum Gasteiger partial charge on any atom is 0.250 e. The molecule has 1 aliphatic heterocycles. The fraction of sp³-hybridized carbons (Fsp3) is 0.500. The van der Waals surface area contributed by atoms with Crippen LogP contribution in [0.25, 0.3) is 10.4 Å². The molecule has 2 aromatic rings. The summed E-state index contributed by atoms with van der Waals surface area (Å²) in [4.78, 5) is 18.6. The highest BCUT2D eigenvalue weighted by Gasteiger charge is 2.23. The van der Waals surface area contributed by atoms with Gasteiger partial charge >= 0.3 is 0 Å². The number of aromatic nitrogens is 1. The summed E-state index contributed by atoms with van der Waals surface area (Å²) in [6.07, 6.45) is 0. The van der Waals surface area contributed by atoms with Crippen molar-refractivity contribution in [2.24, 2.45) is 0 Å². The molecular formula is C16H21BrN4O4S3. The van der Waals surface area contributed by atoms with E-state index in [1.54, 1.807) is 6.07 Å². The Morgan fingerprint density at radius 2 is 2.07 bits per heavy atom. The molecule has 8 nitrogen and oxygen atoms in total. The number of rotatable bonds is 7. The number of thiophene rings is 1. The Hall–Kier alpha value is -0.890. The van der Waals surface area contributed by atoms with Gasteiger partial charge in [-0.1, -0.05) is 11.3 Å². The number of aryl methyl sites for hydroxylation is 1. The highest BCUT2D eigenvalue weighted by Crippen LogP contribution is 2.42. The number of ether oxygens (including phenoxy) is 1. The van der Waals surface area contributed by atoms with E-state index < -0.39 is 10.0 Å². The lowest BCUT2D eigenvalue weighted by Gasteiger charge is -2.26. The van der Waals surface area contributed by atoms with Crippen molar-refractivity contribution in [3.63, 3.8) is 0 Å². The van der Waals surface area contributed by atoms with Crippen LogP contribution in [0.5, 0.6) is 0 Å². The minimum Gasteiger partial charge on any atom is -0.379 e. The van der Waals surface area contributed by atoms with E-state index in [-0.39, 0.29) is 10.1 Å². The zero-order valence-electron chi connectivity index (χ0n) is 15.5. The van der Waals surface area contributed by atoms with Gasteiger partial charge in [0, 0.05) is 38.7 Å². The van der Waals surface area contributed by atoms with Crippen molar-refractivity contribution in [1.29, 1.82) is 0 Å². The average molecular weight is 509 g/mol. The SMILES string of the molecule is CC(=O)Nc1nc(C)c(-c2cc(S(=O)(=O)NCCN3CCOCC3)sc2Br)s1.